The van der Waals surface area contributed by atoms with Crippen LogP contribution >= 0.6 is 0 Å². The van der Waals surface area contributed by atoms with Crippen LogP contribution in [0.3, 0.4) is 0 Å². The number of aromatic nitrogens is 2. The van der Waals surface area contributed by atoms with Gasteiger partial charge < -0.3 is 20.8 Å². The second-order valence-corrected chi connectivity index (χ2v) is 4.62. The highest BCUT2D eigenvalue weighted by molar-refractivity contribution is 5.95. The molecule has 0 saturated carbocycles. The van der Waals surface area contributed by atoms with E-state index in [1.165, 1.54) is 0 Å². The summed E-state index contributed by atoms with van der Waals surface area (Å²) >= 11 is 0. The number of carbonyl (C=O) groups excluding carboxylic acids is 1. The molecule has 6 heteroatoms. The second-order valence-electron chi connectivity index (χ2n) is 4.62. The number of benzene rings is 1. The van der Waals surface area contributed by atoms with Crippen molar-refractivity contribution in [2.75, 3.05) is 18.2 Å². The average molecular weight is 274 g/mol. The number of methoxy groups -OCH3 is 1. The summed E-state index contributed by atoms with van der Waals surface area (Å²) in [6.45, 7) is 1.85. The maximum Gasteiger partial charge on any atom is 0.227 e. The van der Waals surface area contributed by atoms with Crippen molar-refractivity contribution in [1.29, 1.82) is 0 Å². The highest BCUT2D eigenvalue weighted by atomic mass is 16.5. The molecule has 20 heavy (non-hydrogen) atoms. The second kappa shape index (κ2) is 6.10. The normalized spacial score (nSPS) is 11.9. The van der Waals surface area contributed by atoms with Crippen molar-refractivity contribution < 1.29 is 9.53 Å². The van der Waals surface area contributed by atoms with Crippen LogP contribution in [0.4, 0.5) is 11.4 Å². The third-order valence-electron chi connectivity index (χ3n) is 3.05. The zero-order chi connectivity index (χ0) is 14.5. The number of hydrogen-bond donors (Lipinski definition) is 3. The summed E-state index contributed by atoms with van der Waals surface area (Å²) in [5.74, 6) is 0.358. The van der Waals surface area contributed by atoms with Gasteiger partial charge in [0.05, 0.1) is 24.8 Å². The Kier molecular flexibility index (Phi) is 4.24. The molecule has 6 nitrogen and oxygen atoms in total. The van der Waals surface area contributed by atoms with Crippen LogP contribution in [-0.4, -0.2) is 23.0 Å². The Hall–Kier alpha value is -2.50. The first-order valence-corrected chi connectivity index (χ1v) is 6.31. The topological polar surface area (TPSA) is 93.0 Å². The third-order valence-corrected chi connectivity index (χ3v) is 3.05. The van der Waals surface area contributed by atoms with Gasteiger partial charge in [-0.05, 0) is 12.1 Å². The number of amides is 1. The summed E-state index contributed by atoms with van der Waals surface area (Å²) in [5, 5.41) is 2.82. The third kappa shape index (κ3) is 3.28. The van der Waals surface area contributed by atoms with Gasteiger partial charge in [0.25, 0.3) is 0 Å². The molecule has 0 saturated heterocycles. The van der Waals surface area contributed by atoms with Crippen LogP contribution in [0.2, 0.25) is 0 Å². The Morgan fingerprint density at radius 1 is 1.55 bits per heavy atom. The lowest BCUT2D eigenvalue weighted by Gasteiger charge is -2.13. The fourth-order valence-corrected chi connectivity index (χ4v) is 1.85. The fourth-order valence-electron chi connectivity index (χ4n) is 1.85. The highest BCUT2D eigenvalue weighted by Crippen LogP contribution is 2.25. The Labute approximate surface area is 117 Å². The standard InChI is InChI=1S/C14H18N4O2/c1-9(5-10-7-16-8-17-10)14(19)18-13-6-11(20-2)3-4-12(13)15/h3-4,6-9H,5,15H2,1-2H3,(H,16,17)(H,18,19). The molecular weight excluding hydrogens is 256 g/mol. The Morgan fingerprint density at radius 3 is 3.00 bits per heavy atom. The lowest BCUT2D eigenvalue weighted by Crippen LogP contribution is -2.22. The molecule has 1 atom stereocenters. The van der Waals surface area contributed by atoms with Crippen LogP contribution in [0, 0.1) is 5.92 Å². The minimum Gasteiger partial charge on any atom is -0.497 e. The molecule has 0 aliphatic rings. The van der Waals surface area contributed by atoms with Gasteiger partial charge >= 0.3 is 0 Å². The van der Waals surface area contributed by atoms with Crippen molar-refractivity contribution in [2.24, 2.45) is 5.92 Å². The molecule has 0 fully saturated rings. The van der Waals surface area contributed by atoms with Gasteiger partial charge in [-0.15, -0.1) is 0 Å². The molecule has 0 spiro atoms. The molecule has 1 heterocycles. The number of nitrogens with one attached hydrogen (secondary N) is 2. The fraction of sp³-hybridized carbons (Fsp3) is 0.286. The number of anilines is 2. The quantitative estimate of drug-likeness (QED) is 0.725. The molecule has 2 aromatic rings. The molecule has 1 aromatic heterocycles. The van der Waals surface area contributed by atoms with Crippen LogP contribution in [0.25, 0.3) is 0 Å². The zero-order valence-corrected chi connectivity index (χ0v) is 11.5. The van der Waals surface area contributed by atoms with Crippen molar-refractivity contribution in [1.82, 2.24) is 9.97 Å². The van der Waals surface area contributed by atoms with E-state index in [2.05, 4.69) is 15.3 Å². The number of ether oxygens (including phenoxy) is 1. The first-order valence-electron chi connectivity index (χ1n) is 6.31. The molecule has 0 bridgehead atoms. The number of rotatable bonds is 5. The monoisotopic (exact) mass is 274 g/mol. The van der Waals surface area contributed by atoms with Gasteiger partial charge in [0, 0.05) is 30.3 Å². The summed E-state index contributed by atoms with van der Waals surface area (Å²) < 4.78 is 5.12. The van der Waals surface area contributed by atoms with E-state index in [1.54, 1.807) is 37.8 Å². The summed E-state index contributed by atoms with van der Waals surface area (Å²) in [7, 11) is 1.57. The van der Waals surface area contributed by atoms with E-state index in [1.807, 2.05) is 6.92 Å². The van der Waals surface area contributed by atoms with Crippen LogP contribution in [0.15, 0.2) is 30.7 Å². The van der Waals surface area contributed by atoms with Crippen LogP contribution in [0.1, 0.15) is 12.6 Å². The van der Waals surface area contributed by atoms with Crippen molar-refractivity contribution in [3.8, 4) is 5.75 Å². The Bertz CT molecular complexity index is 581. The lowest BCUT2D eigenvalue weighted by molar-refractivity contribution is -0.119. The molecule has 0 radical (unpaired) electrons. The summed E-state index contributed by atoms with van der Waals surface area (Å²) in [6, 6.07) is 5.16. The lowest BCUT2D eigenvalue weighted by atomic mass is 10.1. The number of nitrogen functional groups attached to an aromatic ring is 1. The number of carbonyl (C=O) groups is 1. The van der Waals surface area contributed by atoms with Crippen LogP contribution in [0.5, 0.6) is 5.75 Å². The molecule has 0 aliphatic heterocycles. The summed E-state index contributed by atoms with van der Waals surface area (Å²) in [6.07, 6.45) is 3.90. The minimum atomic E-state index is -0.193. The van der Waals surface area contributed by atoms with Crippen molar-refractivity contribution in [3.63, 3.8) is 0 Å². The van der Waals surface area contributed by atoms with Crippen molar-refractivity contribution in [2.45, 2.75) is 13.3 Å². The van der Waals surface area contributed by atoms with E-state index in [0.717, 1.165) is 5.69 Å². The molecule has 1 unspecified atom stereocenters. The zero-order valence-electron chi connectivity index (χ0n) is 11.5. The number of aromatic amines is 1. The molecular formula is C14H18N4O2. The van der Waals surface area contributed by atoms with E-state index in [-0.39, 0.29) is 11.8 Å². The largest absolute Gasteiger partial charge is 0.497 e. The average Bonchev–Trinajstić information content (AvgIpc) is 2.94. The van der Waals surface area contributed by atoms with E-state index >= 15 is 0 Å². The predicted molar refractivity (Wildman–Crippen MR) is 77.5 cm³/mol. The van der Waals surface area contributed by atoms with Gasteiger partial charge in [0.15, 0.2) is 0 Å². The van der Waals surface area contributed by atoms with Crippen molar-refractivity contribution >= 4 is 17.3 Å². The number of nitrogens with two attached hydrogens (primary N) is 1. The first kappa shape index (κ1) is 13.9. The van der Waals surface area contributed by atoms with E-state index in [0.29, 0.717) is 23.5 Å². The molecule has 1 aromatic carbocycles. The Balaban J connectivity index is 2.03. The van der Waals surface area contributed by atoms with Gasteiger partial charge in [0.2, 0.25) is 5.91 Å². The minimum absolute atomic E-state index is 0.0976. The van der Waals surface area contributed by atoms with E-state index < -0.39 is 0 Å². The molecule has 106 valence electrons. The summed E-state index contributed by atoms with van der Waals surface area (Å²) in [5.41, 5.74) is 7.83. The summed E-state index contributed by atoms with van der Waals surface area (Å²) in [4.78, 5) is 19.1. The smallest absolute Gasteiger partial charge is 0.227 e. The van der Waals surface area contributed by atoms with Gasteiger partial charge in [-0.3, -0.25) is 4.79 Å². The van der Waals surface area contributed by atoms with Gasteiger partial charge in [-0.25, -0.2) is 4.98 Å². The van der Waals surface area contributed by atoms with E-state index in [4.69, 9.17) is 10.5 Å². The van der Waals surface area contributed by atoms with Crippen LogP contribution in [-0.2, 0) is 11.2 Å². The maximum atomic E-state index is 12.1. The molecule has 4 N–H and O–H groups in total. The maximum absolute atomic E-state index is 12.1. The van der Waals surface area contributed by atoms with Crippen LogP contribution < -0.4 is 15.8 Å². The van der Waals surface area contributed by atoms with Gasteiger partial charge in [-0.2, -0.15) is 0 Å². The number of imidazole rings is 1. The number of H-pyrrole nitrogens is 1. The van der Waals surface area contributed by atoms with Gasteiger partial charge in [0.1, 0.15) is 5.75 Å². The van der Waals surface area contributed by atoms with Gasteiger partial charge in [-0.1, -0.05) is 6.92 Å². The predicted octanol–water partition coefficient (Wildman–Crippen LogP) is 1.82. The van der Waals surface area contributed by atoms with Crippen molar-refractivity contribution in [3.05, 3.63) is 36.4 Å². The SMILES string of the molecule is COc1ccc(N)c(NC(=O)C(C)Cc2cnc[nH]2)c1. The van der Waals surface area contributed by atoms with E-state index in [9.17, 15) is 4.79 Å². The highest BCUT2D eigenvalue weighted by Gasteiger charge is 2.15. The Morgan fingerprint density at radius 2 is 2.35 bits per heavy atom. The molecule has 0 aliphatic carbocycles. The first-order chi connectivity index (χ1) is 9.60. The number of hydrogen-bond acceptors (Lipinski definition) is 4. The molecule has 1 amide bonds. The number of nitrogens with zero attached hydrogens (tertiary/aromatic N) is 1. The molecule has 2 rings (SSSR count).